The Labute approximate surface area is 119 Å². The fraction of sp³-hybridized carbons (Fsp3) is 0.500. The van der Waals surface area contributed by atoms with Crippen molar-refractivity contribution in [3.8, 4) is 0 Å². The number of carboxylic acid groups (broad SMARTS) is 1. The first-order valence-corrected chi connectivity index (χ1v) is 6.99. The second kappa shape index (κ2) is 5.27. The smallest absolute Gasteiger partial charge is 0.329 e. The average molecular weight is 275 g/mol. The number of likely N-dealkylation sites (tertiary alicyclic amines) is 1. The van der Waals surface area contributed by atoms with Crippen molar-refractivity contribution in [3.05, 3.63) is 34.9 Å². The molecule has 0 spiro atoms. The summed E-state index contributed by atoms with van der Waals surface area (Å²) < 4.78 is 0. The molecule has 1 fully saturated rings. The Morgan fingerprint density at radius 3 is 2.50 bits per heavy atom. The van der Waals surface area contributed by atoms with Crippen LogP contribution in [0.1, 0.15) is 47.7 Å². The molecule has 4 heteroatoms. The highest BCUT2D eigenvalue weighted by atomic mass is 16.4. The molecule has 0 aromatic heterocycles. The molecule has 1 saturated heterocycles. The van der Waals surface area contributed by atoms with Crippen molar-refractivity contribution in [1.29, 1.82) is 0 Å². The van der Waals surface area contributed by atoms with Crippen molar-refractivity contribution < 1.29 is 14.7 Å². The van der Waals surface area contributed by atoms with E-state index in [4.69, 9.17) is 0 Å². The van der Waals surface area contributed by atoms with Gasteiger partial charge in [0.15, 0.2) is 0 Å². The molecule has 0 bridgehead atoms. The van der Waals surface area contributed by atoms with Gasteiger partial charge in [-0.2, -0.15) is 0 Å². The number of carbonyl (C=O) groups is 2. The number of rotatable bonds is 2. The van der Waals surface area contributed by atoms with Crippen molar-refractivity contribution >= 4 is 11.9 Å². The third kappa shape index (κ3) is 2.42. The minimum Gasteiger partial charge on any atom is -0.480 e. The highest BCUT2D eigenvalue weighted by molar-refractivity contribution is 5.98. The SMILES string of the molecule is Cc1ccc(C(=O)N2CCCCC2(C)C(=O)O)cc1C. The van der Waals surface area contributed by atoms with Crippen molar-refractivity contribution in [2.24, 2.45) is 0 Å². The standard InChI is InChI=1S/C16H21NO3/c1-11-6-7-13(10-12(11)2)14(18)17-9-5-4-8-16(17,3)15(19)20/h6-7,10H,4-5,8-9H2,1-3H3,(H,19,20). The van der Waals surface area contributed by atoms with Crippen LogP contribution >= 0.6 is 0 Å². The molecular weight excluding hydrogens is 254 g/mol. The van der Waals surface area contributed by atoms with Crippen molar-refractivity contribution in [2.45, 2.75) is 45.6 Å². The van der Waals surface area contributed by atoms with E-state index in [0.29, 0.717) is 18.5 Å². The van der Waals surface area contributed by atoms with Gasteiger partial charge in [0.2, 0.25) is 0 Å². The van der Waals surface area contributed by atoms with Crippen LogP contribution in [0, 0.1) is 13.8 Å². The summed E-state index contributed by atoms with van der Waals surface area (Å²) in [4.78, 5) is 25.7. The molecule has 20 heavy (non-hydrogen) atoms. The monoisotopic (exact) mass is 275 g/mol. The Morgan fingerprint density at radius 1 is 1.20 bits per heavy atom. The number of aryl methyl sites for hydroxylation is 2. The fourth-order valence-corrected chi connectivity index (χ4v) is 2.70. The Bertz CT molecular complexity index is 553. The van der Waals surface area contributed by atoms with Gasteiger partial charge in [0.1, 0.15) is 5.54 Å². The van der Waals surface area contributed by atoms with Gasteiger partial charge >= 0.3 is 5.97 Å². The molecule has 1 amide bonds. The number of aliphatic carboxylic acids is 1. The van der Waals surface area contributed by atoms with Gasteiger partial charge in [-0.15, -0.1) is 0 Å². The van der Waals surface area contributed by atoms with Gasteiger partial charge in [0, 0.05) is 12.1 Å². The van der Waals surface area contributed by atoms with Gasteiger partial charge in [-0.05, 0) is 63.3 Å². The first-order chi connectivity index (χ1) is 9.36. The third-order valence-electron chi connectivity index (χ3n) is 4.35. The predicted octanol–water partition coefficient (Wildman–Crippen LogP) is 2.77. The Morgan fingerprint density at radius 2 is 1.90 bits per heavy atom. The van der Waals surface area contributed by atoms with Crippen LogP contribution in [0.25, 0.3) is 0 Å². The summed E-state index contributed by atoms with van der Waals surface area (Å²) in [6, 6.07) is 5.53. The van der Waals surface area contributed by atoms with Gasteiger partial charge in [-0.25, -0.2) is 4.79 Å². The number of piperidine rings is 1. The number of hydrogen-bond acceptors (Lipinski definition) is 2. The zero-order chi connectivity index (χ0) is 14.9. The number of nitrogens with zero attached hydrogens (tertiary/aromatic N) is 1. The van der Waals surface area contributed by atoms with Gasteiger partial charge in [-0.1, -0.05) is 6.07 Å². The Balaban J connectivity index is 2.35. The summed E-state index contributed by atoms with van der Waals surface area (Å²) in [5, 5.41) is 9.47. The van der Waals surface area contributed by atoms with E-state index in [1.807, 2.05) is 26.0 Å². The highest BCUT2D eigenvalue weighted by Crippen LogP contribution is 2.30. The van der Waals surface area contributed by atoms with Crippen LogP contribution in [0.5, 0.6) is 0 Å². The topological polar surface area (TPSA) is 57.6 Å². The molecule has 2 rings (SSSR count). The number of amides is 1. The maximum Gasteiger partial charge on any atom is 0.329 e. The van der Waals surface area contributed by atoms with E-state index in [0.717, 1.165) is 24.0 Å². The lowest BCUT2D eigenvalue weighted by Crippen LogP contribution is -2.57. The van der Waals surface area contributed by atoms with E-state index >= 15 is 0 Å². The summed E-state index contributed by atoms with van der Waals surface area (Å²) >= 11 is 0. The largest absolute Gasteiger partial charge is 0.480 e. The highest BCUT2D eigenvalue weighted by Gasteiger charge is 2.44. The van der Waals surface area contributed by atoms with Crippen molar-refractivity contribution in [3.63, 3.8) is 0 Å². The minimum absolute atomic E-state index is 0.183. The first-order valence-electron chi connectivity index (χ1n) is 6.99. The minimum atomic E-state index is -1.09. The molecule has 1 aromatic carbocycles. The molecule has 1 N–H and O–H groups in total. The van der Waals surface area contributed by atoms with Crippen LogP contribution in [0.2, 0.25) is 0 Å². The number of hydrogen-bond donors (Lipinski definition) is 1. The maximum atomic E-state index is 12.6. The molecule has 4 nitrogen and oxygen atoms in total. The van der Waals surface area contributed by atoms with E-state index in [1.54, 1.807) is 13.0 Å². The second-order valence-electron chi connectivity index (χ2n) is 5.79. The van der Waals surface area contributed by atoms with Crippen LogP contribution in [0.4, 0.5) is 0 Å². The molecule has 0 aliphatic carbocycles. The van der Waals surface area contributed by atoms with E-state index in [9.17, 15) is 14.7 Å². The van der Waals surface area contributed by atoms with Crippen LogP contribution in [0.15, 0.2) is 18.2 Å². The normalized spacial score (nSPS) is 22.6. The summed E-state index contributed by atoms with van der Waals surface area (Å²) in [6.45, 7) is 6.10. The molecule has 1 aromatic rings. The molecule has 0 radical (unpaired) electrons. The molecule has 1 unspecified atom stereocenters. The van der Waals surface area contributed by atoms with Crippen LogP contribution in [0.3, 0.4) is 0 Å². The zero-order valence-electron chi connectivity index (χ0n) is 12.3. The predicted molar refractivity (Wildman–Crippen MR) is 76.8 cm³/mol. The number of carbonyl (C=O) groups excluding carboxylic acids is 1. The zero-order valence-corrected chi connectivity index (χ0v) is 12.3. The maximum absolute atomic E-state index is 12.6. The third-order valence-corrected chi connectivity index (χ3v) is 4.35. The molecule has 1 atom stereocenters. The van der Waals surface area contributed by atoms with Gasteiger partial charge in [-0.3, -0.25) is 4.79 Å². The quantitative estimate of drug-likeness (QED) is 0.903. The molecule has 1 heterocycles. The molecular formula is C16H21NO3. The van der Waals surface area contributed by atoms with Crippen LogP contribution in [-0.2, 0) is 4.79 Å². The fourth-order valence-electron chi connectivity index (χ4n) is 2.70. The summed E-state index contributed by atoms with van der Waals surface area (Å²) in [5.41, 5.74) is 1.65. The number of benzene rings is 1. The van der Waals surface area contributed by atoms with Gasteiger partial charge in [0.25, 0.3) is 5.91 Å². The summed E-state index contributed by atoms with van der Waals surface area (Å²) in [6.07, 6.45) is 2.22. The van der Waals surface area contributed by atoms with E-state index in [2.05, 4.69) is 0 Å². The van der Waals surface area contributed by atoms with E-state index < -0.39 is 11.5 Å². The van der Waals surface area contributed by atoms with Crippen LogP contribution in [-0.4, -0.2) is 34.0 Å². The van der Waals surface area contributed by atoms with E-state index in [1.165, 1.54) is 4.90 Å². The lowest BCUT2D eigenvalue weighted by molar-refractivity contribution is -0.150. The average Bonchev–Trinajstić information content (AvgIpc) is 2.41. The van der Waals surface area contributed by atoms with Gasteiger partial charge < -0.3 is 10.0 Å². The molecule has 1 aliphatic heterocycles. The lowest BCUT2D eigenvalue weighted by atomic mass is 9.87. The molecule has 108 valence electrons. The summed E-state index contributed by atoms with van der Waals surface area (Å²) in [5.74, 6) is -1.10. The molecule has 1 aliphatic rings. The molecule has 0 saturated carbocycles. The van der Waals surface area contributed by atoms with E-state index in [-0.39, 0.29) is 5.91 Å². The first kappa shape index (κ1) is 14.6. The van der Waals surface area contributed by atoms with Crippen LogP contribution < -0.4 is 0 Å². The summed E-state index contributed by atoms with van der Waals surface area (Å²) in [7, 11) is 0. The van der Waals surface area contributed by atoms with Crippen molar-refractivity contribution in [1.82, 2.24) is 4.90 Å². The lowest BCUT2D eigenvalue weighted by Gasteiger charge is -2.41. The Kier molecular flexibility index (Phi) is 3.84. The second-order valence-corrected chi connectivity index (χ2v) is 5.79. The number of carboxylic acids is 1. The Hall–Kier alpha value is -1.84. The van der Waals surface area contributed by atoms with Gasteiger partial charge in [0.05, 0.1) is 0 Å². The van der Waals surface area contributed by atoms with Crippen molar-refractivity contribution in [2.75, 3.05) is 6.54 Å².